The minimum atomic E-state index is -1.12. The molecule has 1 unspecified atom stereocenters. The zero-order valence-electron chi connectivity index (χ0n) is 10.8. The van der Waals surface area contributed by atoms with Gasteiger partial charge in [0.1, 0.15) is 0 Å². The van der Waals surface area contributed by atoms with Gasteiger partial charge in [0.15, 0.2) is 0 Å². The van der Waals surface area contributed by atoms with Crippen molar-refractivity contribution in [3.8, 4) is 0 Å². The number of benzene rings is 1. The predicted octanol–water partition coefficient (Wildman–Crippen LogP) is 2.58. The summed E-state index contributed by atoms with van der Waals surface area (Å²) < 4.78 is 10.3. The van der Waals surface area contributed by atoms with Gasteiger partial charge in [0.2, 0.25) is 5.60 Å². The van der Waals surface area contributed by atoms with Crippen LogP contribution in [-0.2, 0) is 14.3 Å². The number of esters is 2. The Bertz CT molecular complexity index is 503. The molecule has 0 spiro atoms. The summed E-state index contributed by atoms with van der Waals surface area (Å²) in [6.45, 7) is 5.75. The average molecular weight is 260 g/mol. The van der Waals surface area contributed by atoms with Gasteiger partial charge >= 0.3 is 11.9 Å². The molecule has 0 saturated carbocycles. The van der Waals surface area contributed by atoms with Crippen LogP contribution in [0.25, 0.3) is 6.08 Å². The van der Waals surface area contributed by atoms with Crippen molar-refractivity contribution in [1.29, 1.82) is 0 Å². The molecule has 2 rings (SSSR count). The number of hydrogen-bond donors (Lipinski definition) is 0. The van der Waals surface area contributed by atoms with Gasteiger partial charge < -0.3 is 9.47 Å². The number of rotatable bonds is 4. The van der Waals surface area contributed by atoms with Crippen LogP contribution >= 0.6 is 0 Å². The van der Waals surface area contributed by atoms with E-state index in [0.29, 0.717) is 25.0 Å². The summed E-state index contributed by atoms with van der Waals surface area (Å²) in [5, 5.41) is 0. The van der Waals surface area contributed by atoms with Crippen LogP contribution in [0.1, 0.15) is 35.7 Å². The Hall–Kier alpha value is -2.10. The summed E-state index contributed by atoms with van der Waals surface area (Å²) in [5.41, 5.74) is 0.217. The molecule has 1 heterocycles. The first-order chi connectivity index (χ1) is 9.11. The molecule has 1 aromatic rings. The SMILES string of the molecule is C=Cc1ccc(C(=O)OC2(CC)CCOC2=O)cc1. The van der Waals surface area contributed by atoms with Gasteiger partial charge in [-0.1, -0.05) is 31.7 Å². The van der Waals surface area contributed by atoms with Crippen LogP contribution in [0, 0.1) is 0 Å². The maximum absolute atomic E-state index is 12.1. The highest BCUT2D eigenvalue weighted by molar-refractivity contribution is 5.93. The van der Waals surface area contributed by atoms with Crippen LogP contribution in [0.2, 0.25) is 0 Å². The van der Waals surface area contributed by atoms with Gasteiger partial charge in [-0.15, -0.1) is 0 Å². The molecule has 1 saturated heterocycles. The van der Waals surface area contributed by atoms with Gasteiger partial charge in [-0.2, -0.15) is 0 Å². The van der Waals surface area contributed by atoms with E-state index in [1.165, 1.54) is 0 Å². The summed E-state index contributed by atoms with van der Waals surface area (Å²) >= 11 is 0. The first kappa shape index (κ1) is 13.3. The molecule has 19 heavy (non-hydrogen) atoms. The van der Waals surface area contributed by atoms with Gasteiger partial charge in [0.05, 0.1) is 12.2 Å². The van der Waals surface area contributed by atoms with Crippen LogP contribution in [0.3, 0.4) is 0 Å². The lowest BCUT2D eigenvalue weighted by molar-refractivity contribution is -0.154. The lowest BCUT2D eigenvalue weighted by Gasteiger charge is -2.23. The highest BCUT2D eigenvalue weighted by Crippen LogP contribution is 2.29. The fourth-order valence-electron chi connectivity index (χ4n) is 2.02. The van der Waals surface area contributed by atoms with Gasteiger partial charge in [0.25, 0.3) is 0 Å². The van der Waals surface area contributed by atoms with E-state index in [2.05, 4.69) is 6.58 Å². The molecule has 4 heteroatoms. The minimum Gasteiger partial charge on any atom is -0.463 e. The number of carbonyl (C=O) groups excluding carboxylic acids is 2. The van der Waals surface area contributed by atoms with Gasteiger partial charge in [-0.25, -0.2) is 9.59 Å². The van der Waals surface area contributed by atoms with E-state index in [9.17, 15) is 9.59 Å². The summed E-state index contributed by atoms with van der Waals surface area (Å²) in [4.78, 5) is 23.7. The van der Waals surface area contributed by atoms with Crippen molar-refractivity contribution in [2.24, 2.45) is 0 Å². The molecular weight excluding hydrogens is 244 g/mol. The fraction of sp³-hybridized carbons (Fsp3) is 0.333. The van der Waals surface area contributed by atoms with Crippen molar-refractivity contribution >= 4 is 18.0 Å². The fourth-order valence-corrected chi connectivity index (χ4v) is 2.02. The third-order valence-corrected chi connectivity index (χ3v) is 3.35. The Morgan fingerprint density at radius 2 is 2.16 bits per heavy atom. The number of cyclic esters (lactones) is 1. The Labute approximate surface area is 112 Å². The zero-order chi connectivity index (χ0) is 13.9. The lowest BCUT2D eigenvalue weighted by Crippen LogP contribution is -2.39. The van der Waals surface area contributed by atoms with Crippen molar-refractivity contribution in [1.82, 2.24) is 0 Å². The molecule has 1 atom stereocenters. The lowest BCUT2D eigenvalue weighted by atomic mass is 9.99. The van der Waals surface area contributed by atoms with Crippen LogP contribution in [-0.4, -0.2) is 24.1 Å². The molecule has 0 aliphatic carbocycles. The second-order valence-corrected chi connectivity index (χ2v) is 4.45. The predicted molar refractivity (Wildman–Crippen MR) is 70.5 cm³/mol. The Morgan fingerprint density at radius 1 is 1.47 bits per heavy atom. The zero-order valence-corrected chi connectivity index (χ0v) is 10.8. The monoisotopic (exact) mass is 260 g/mol. The smallest absolute Gasteiger partial charge is 0.350 e. The van der Waals surface area contributed by atoms with Gasteiger partial charge in [-0.05, 0) is 24.1 Å². The van der Waals surface area contributed by atoms with E-state index in [0.717, 1.165) is 5.56 Å². The molecule has 100 valence electrons. The first-order valence-electron chi connectivity index (χ1n) is 6.24. The van der Waals surface area contributed by atoms with E-state index >= 15 is 0 Å². The molecule has 0 bridgehead atoms. The van der Waals surface area contributed by atoms with E-state index in [1.807, 2.05) is 0 Å². The maximum Gasteiger partial charge on any atom is 0.350 e. The number of ether oxygens (including phenoxy) is 2. The maximum atomic E-state index is 12.1. The Balaban J connectivity index is 2.15. The standard InChI is InChI=1S/C15H16O4/c1-3-11-5-7-12(8-6-11)13(16)19-15(4-2)9-10-18-14(15)17/h3,5-8H,1,4,9-10H2,2H3. The van der Waals surface area contributed by atoms with Gasteiger partial charge in [0, 0.05) is 6.42 Å². The molecule has 1 aliphatic rings. The summed E-state index contributed by atoms with van der Waals surface area (Å²) in [6.07, 6.45) is 2.53. The van der Waals surface area contributed by atoms with Crippen LogP contribution in [0.15, 0.2) is 30.8 Å². The van der Waals surface area contributed by atoms with Crippen molar-refractivity contribution in [3.05, 3.63) is 42.0 Å². The third-order valence-electron chi connectivity index (χ3n) is 3.35. The molecule has 1 aliphatic heterocycles. The van der Waals surface area contributed by atoms with Gasteiger partial charge in [-0.3, -0.25) is 0 Å². The van der Waals surface area contributed by atoms with E-state index < -0.39 is 17.5 Å². The summed E-state index contributed by atoms with van der Waals surface area (Å²) in [5.74, 6) is -0.956. The summed E-state index contributed by atoms with van der Waals surface area (Å²) in [7, 11) is 0. The van der Waals surface area contributed by atoms with Crippen LogP contribution in [0.4, 0.5) is 0 Å². The average Bonchev–Trinajstić information content (AvgIpc) is 2.80. The molecule has 0 N–H and O–H groups in total. The molecule has 0 radical (unpaired) electrons. The molecule has 1 aromatic carbocycles. The second-order valence-electron chi connectivity index (χ2n) is 4.45. The normalized spacial score (nSPS) is 21.8. The highest BCUT2D eigenvalue weighted by atomic mass is 16.6. The summed E-state index contributed by atoms with van der Waals surface area (Å²) in [6, 6.07) is 6.86. The van der Waals surface area contributed by atoms with Crippen molar-refractivity contribution in [2.45, 2.75) is 25.4 Å². The minimum absolute atomic E-state index is 0.301. The van der Waals surface area contributed by atoms with Crippen molar-refractivity contribution in [3.63, 3.8) is 0 Å². The first-order valence-corrected chi connectivity index (χ1v) is 6.24. The van der Waals surface area contributed by atoms with Crippen molar-refractivity contribution in [2.75, 3.05) is 6.61 Å². The van der Waals surface area contributed by atoms with Crippen LogP contribution in [0.5, 0.6) is 0 Å². The number of hydrogen-bond acceptors (Lipinski definition) is 4. The topological polar surface area (TPSA) is 52.6 Å². The highest BCUT2D eigenvalue weighted by Gasteiger charge is 2.46. The quantitative estimate of drug-likeness (QED) is 0.781. The molecular formula is C15H16O4. The molecule has 1 fully saturated rings. The molecule has 4 nitrogen and oxygen atoms in total. The largest absolute Gasteiger partial charge is 0.463 e. The van der Waals surface area contributed by atoms with E-state index in [4.69, 9.17) is 9.47 Å². The number of carbonyl (C=O) groups is 2. The van der Waals surface area contributed by atoms with Crippen molar-refractivity contribution < 1.29 is 19.1 Å². The van der Waals surface area contributed by atoms with E-state index in [1.54, 1.807) is 37.3 Å². The van der Waals surface area contributed by atoms with Crippen LogP contribution < -0.4 is 0 Å². The molecule has 0 amide bonds. The second kappa shape index (κ2) is 5.26. The Morgan fingerprint density at radius 3 is 2.63 bits per heavy atom. The Kier molecular flexibility index (Phi) is 3.69. The molecule has 0 aromatic heterocycles. The van der Waals surface area contributed by atoms with E-state index in [-0.39, 0.29) is 0 Å². The third kappa shape index (κ3) is 2.52.